The van der Waals surface area contributed by atoms with Crippen LogP contribution in [-0.2, 0) is 4.79 Å². The molecule has 2 rings (SSSR count). The van der Waals surface area contributed by atoms with Crippen molar-refractivity contribution in [1.29, 1.82) is 10.5 Å². The highest BCUT2D eigenvalue weighted by atomic mass is 32.2. The van der Waals surface area contributed by atoms with Crippen LogP contribution in [0.2, 0.25) is 0 Å². The van der Waals surface area contributed by atoms with Crippen molar-refractivity contribution < 1.29 is 9.90 Å². The second-order valence-electron chi connectivity index (χ2n) is 4.53. The van der Waals surface area contributed by atoms with E-state index in [0.717, 1.165) is 16.7 Å². The van der Waals surface area contributed by atoms with Gasteiger partial charge < -0.3 is 15.7 Å². The number of anilines is 2. The second-order valence-corrected chi connectivity index (χ2v) is 5.39. The van der Waals surface area contributed by atoms with Gasteiger partial charge in [0, 0.05) is 22.5 Å². The van der Waals surface area contributed by atoms with Crippen LogP contribution in [0.25, 0.3) is 0 Å². The first-order valence-electron chi connectivity index (χ1n) is 6.75. The zero-order chi connectivity index (χ0) is 17.4. The summed E-state index contributed by atoms with van der Waals surface area (Å²) in [5, 5.41) is 34.3. The van der Waals surface area contributed by atoms with E-state index in [1.165, 1.54) is 30.5 Å². The van der Waals surface area contributed by atoms with Crippen LogP contribution in [0.5, 0.6) is 5.75 Å². The van der Waals surface area contributed by atoms with Crippen LogP contribution < -0.4 is 10.6 Å². The molecule has 0 saturated heterocycles. The third kappa shape index (κ3) is 4.80. The second kappa shape index (κ2) is 8.28. The van der Waals surface area contributed by atoms with Crippen molar-refractivity contribution in [3.8, 4) is 17.2 Å². The Morgan fingerprint density at radius 2 is 1.67 bits per heavy atom. The summed E-state index contributed by atoms with van der Waals surface area (Å²) in [6, 6.07) is 14.7. The molecule has 0 aliphatic rings. The van der Waals surface area contributed by atoms with Gasteiger partial charge >= 0.3 is 0 Å². The van der Waals surface area contributed by atoms with Gasteiger partial charge in [-0.1, -0.05) is 0 Å². The van der Waals surface area contributed by atoms with E-state index in [0.29, 0.717) is 11.4 Å². The first-order chi connectivity index (χ1) is 11.6. The minimum atomic E-state index is -0.563. The topological polar surface area (TPSA) is 109 Å². The smallest absolute Gasteiger partial charge is 0.267 e. The van der Waals surface area contributed by atoms with Gasteiger partial charge in [-0.15, -0.1) is 0 Å². The van der Waals surface area contributed by atoms with Crippen molar-refractivity contribution in [1.82, 2.24) is 0 Å². The maximum atomic E-state index is 12.0. The number of phenols is 1. The van der Waals surface area contributed by atoms with E-state index in [4.69, 9.17) is 10.5 Å². The molecule has 0 aliphatic carbocycles. The number of thiocyanates is 1. The molecule has 7 heteroatoms. The van der Waals surface area contributed by atoms with Gasteiger partial charge in [-0.3, -0.25) is 4.79 Å². The number of nitrogens with one attached hydrogen (secondary N) is 2. The van der Waals surface area contributed by atoms with Crippen molar-refractivity contribution in [3.63, 3.8) is 0 Å². The molecule has 6 nitrogen and oxygen atoms in total. The first kappa shape index (κ1) is 16.9. The molecular weight excluding hydrogens is 324 g/mol. The molecule has 0 heterocycles. The number of rotatable bonds is 5. The van der Waals surface area contributed by atoms with Gasteiger partial charge in [-0.2, -0.15) is 10.5 Å². The Labute approximate surface area is 143 Å². The summed E-state index contributed by atoms with van der Waals surface area (Å²) in [6.45, 7) is 0. The number of aromatic hydroxyl groups is 1. The normalized spacial score (nSPS) is 10.3. The minimum absolute atomic E-state index is 0.0868. The Kier molecular flexibility index (Phi) is 5.84. The average Bonchev–Trinajstić information content (AvgIpc) is 2.59. The van der Waals surface area contributed by atoms with Crippen molar-refractivity contribution in [2.45, 2.75) is 4.90 Å². The Hall–Kier alpha value is -3.42. The lowest BCUT2D eigenvalue weighted by Crippen LogP contribution is -2.14. The molecule has 2 aromatic rings. The van der Waals surface area contributed by atoms with Crippen LogP contribution in [0, 0.1) is 22.0 Å². The quantitative estimate of drug-likeness (QED) is 0.254. The predicted molar refractivity (Wildman–Crippen MR) is 92.0 cm³/mol. The van der Waals surface area contributed by atoms with E-state index in [-0.39, 0.29) is 11.3 Å². The lowest BCUT2D eigenvalue weighted by Gasteiger charge is -2.05. The van der Waals surface area contributed by atoms with Gasteiger partial charge in [0.15, 0.2) is 0 Å². The fraction of sp³-hybridized carbons (Fsp3) is 0. The Bertz CT molecular complexity index is 831. The number of amides is 1. The van der Waals surface area contributed by atoms with Gasteiger partial charge in [-0.05, 0) is 60.3 Å². The molecule has 0 bridgehead atoms. The van der Waals surface area contributed by atoms with Gasteiger partial charge in [0.05, 0.1) is 0 Å². The van der Waals surface area contributed by atoms with E-state index < -0.39 is 5.91 Å². The number of hydrogen-bond acceptors (Lipinski definition) is 6. The molecule has 1 amide bonds. The van der Waals surface area contributed by atoms with Crippen LogP contribution in [0.1, 0.15) is 0 Å². The monoisotopic (exact) mass is 336 g/mol. The molecule has 2 aromatic carbocycles. The summed E-state index contributed by atoms with van der Waals surface area (Å²) in [7, 11) is 0. The zero-order valence-electron chi connectivity index (χ0n) is 12.4. The molecule has 0 atom stereocenters. The highest BCUT2D eigenvalue weighted by Gasteiger charge is 2.09. The fourth-order valence-electron chi connectivity index (χ4n) is 1.72. The SMILES string of the molecule is N#CSc1ccc(N/C=C(/C#N)C(=O)Nc2ccc(O)cc2)cc1. The number of benzene rings is 2. The number of phenolic OH excluding ortho intramolecular Hbond substituents is 1. The molecule has 118 valence electrons. The van der Waals surface area contributed by atoms with Crippen LogP contribution in [0.3, 0.4) is 0 Å². The highest BCUT2D eigenvalue weighted by Crippen LogP contribution is 2.19. The number of nitrogens with zero attached hydrogens (tertiary/aromatic N) is 2. The lowest BCUT2D eigenvalue weighted by molar-refractivity contribution is -0.112. The van der Waals surface area contributed by atoms with Crippen LogP contribution >= 0.6 is 11.8 Å². The Morgan fingerprint density at radius 1 is 1.04 bits per heavy atom. The van der Waals surface area contributed by atoms with E-state index in [2.05, 4.69) is 10.6 Å². The fourth-order valence-corrected chi connectivity index (χ4v) is 2.10. The summed E-state index contributed by atoms with van der Waals surface area (Å²) >= 11 is 1.05. The van der Waals surface area contributed by atoms with Gasteiger partial charge in [-0.25, -0.2) is 0 Å². The summed E-state index contributed by atoms with van der Waals surface area (Å²) in [5.74, 6) is -0.476. The van der Waals surface area contributed by atoms with Gasteiger partial charge in [0.25, 0.3) is 5.91 Å². The van der Waals surface area contributed by atoms with Crippen LogP contribution in [0.15, 0.2) is 65.2 Å². The van der Waals surface area contributed by atoms with Gasteiger partial charge in [0.1, 0.15) is 22.8 Å². The van der Waals surface area contributed by atoms with Crippen molar-refractivity contribution in [2.24, 2.45) is 0 Å². The van der Waals surface area contributed by atoms with E-state index in [1.54, 1.807) is 24.3 Å². The largest absolute Gasteiger partial charge is 0.508 e. The van der Waals surface area contributed by atoms with Gasteiger partial charge in [0.2, 0.25) is 0 Å². The number of carbonyl (C=O) groups is 1. The first-order valence-corrected chi connectivity index (χ1v) is 7.57. The molecule has 0 spiro atoms. The predicted octanol–water partition coefficient (Wildman–Crippen LogP) is 3.42. The third-order valence-corrected chi connectivity index (χ3v) is 3.49. The Balaban J connectivity index is 2.03. The number of thioether (sulfide) groups is 1. The number of hydrogen-bond donors (Lipinski definition) is 3. The maximum Gasteiger partial charge on any atom is 0.267 e. The molecule has 0 unspecified atom stereocenters. The van der Waals surface area contributed by atoms with E-state index in [1.807, 2.05) is 11.5 Å². The molecule has 0 aliphatic heterocycles. The highest BCUT2D eigenvalue weighted by molar-refractivity contribution is 8.03. The number of carbonyl (C=O) groups excluding carboxylic acids is 1. The average molecular weight is 336 g/mol. The summed E-state index contributed by atoms with van der Waals surface area (Å²) < 4.78 is 0. The molecule has 0 radical (unpaired) electrons. The summed E-state index contributed by atoms with van der Waals surface area (Å²) in [6.07, 6.45) is 1.31. The summed E-state index contributed by atoms with van der Waals surface area (Å²) in [5.41, 5.74) is 1.05. The minimum Gasteiger partial charge on any atom is -0.508 e. The van der Waals surface area contributed by atoms with Crippen molar-refractivity contribution >= 4 is 29.0 Å². The third-order valence-electron chi connectivity index (χ3n) is 2.89. The van der Waals surface area contributed by atoms with Crippen LogP contribution in [0.4, 0.5) is 11.4 Å². The lowest BCUT2D eigenvalue weighted by atomic mass is 10.2. The molecule has 0 aromatic heterocycles. The maximum absolute atomic E-state index is 12.0. The van der Waals surface area contributed by atoms with Crippen LogP contribution in [-0.4, -0.2) is 11.0 Å². The molecule has 24 heavy (non-hydrogen) atoms. The van der Waals surface area contributed by atoms with E-state index >= 15 is 0 Å². The molecular formula is C17H12N4O2S. The number of nitriles is 2. The van der Waals surface area contributed by atoms with E-state index in [9.17, 15) is 9.90 Å². The Morgan fingerprint density at radius 3 is 2.25 bits per heavy atom. The molecule has 0 fully saturated rings. The molecule has 3 N–H and O–H groups in total. The summed E-state index contributed by atoms with van der Waals surface area (Å²) in [4.78, 5) is 12.8. The van der Waals surface area contributed by atoms with Crippen molar-refractivity contribution in [3.05, 3.63) is 60.3 Å². The standard InChI is InChI=1S/C17H12N4O2S/c18-9-12(17(23)21-14-1-5-15(22)6-2-14)10-20-13-3-7-16(8-4-13)24-11-19/h1-8,10,20,22H,(H,21,23)/b12-10-. The zero-order valence-corrected chi connectivity index (χ0v) is 13.2. The molecule has 0 saturated carbocycles. The van der Waals surface area contributed by atoms with Crippen molar-refractivity contribution in [2.75, 3.05) is 10.6 Å².